The molecule has 5 heteroatoms. The molecule has 2 fully saturated rings. The lowest BCUT2D eigenvalue weighted by atomic mass is 9.78. The van der Waals surface area contributed by atoms with Crippen LogP contribution in [0.2, 0.25) is 0 Å². The fraction of sp³-hybridized carbons (Fsp3) is 0.625. The number of carbonyl (C=O) groups is 1. The summed E-state index contributed by atoms with van der Waals surface area (Å²) in [4.78, 5) is 20.8. The van der Waals surface area contributed by atoms with Crippen molar-refractivity contribution < 1.29 is 4.79 Å². The fourth-order valence-corrected chi connectivity index (χ4v) is 3.38. The van der Waals surface area contributed by atoms with Gasteiger partial charge in [0.1, 0.15) is 5.82 Å². The highest BCUT2D eigenvalue weighted by Gasteiger charge is 2.38. The Bertz CT molecular complexity index is 513. The summed E-state index contributed by atoms with van der Waals surface area (Å²) < 4.78 is 0. The van der Waals surface area contributed by atoms with Crippen LogP contribution in [0.15, 0.2) is 18.3 Å². The Balaban J connectivity index is 1.67. The Hall–Kier alpha value is -1.62. The van der Waals surface area contributed by atoms with Crippen molar-refractivity contribution in [2.75, 3.05) is 45.2 Å². The maximum absolute atomic E-state index is 12.6. The zero-order chi connectivity index (χ0) is 14.9. The molecule has 0 radical (unpaired) electrons. The van der Waals surface area contributed by atoms with Crippen molar-refractivity contribution in [2.24, 2.45) is 5.41 Å². The molecule has 0 unspecified atom stereocenters. The molecular formula is C16H24N4O. The third-order valence-electron chi connectivity index (χ3n) is 4.89. The third-order valence-corrected chi connectivity index (χ3v) is 4.89. The van der Waals surface area contributed by atoms with Gasteiger partial charge in [-0.3, -0.25) is 4.79 Å². The Morgan fingerprint density at radius 3 is 2.71 bits per heavy atom. The highest BCUT2D eigenvalue weighted by atomic mass is 16.2. The second-order valence-corrected chi connectivity index (χ2v) is 6.52. The van der Waals surface area contributed by atoms with E-state index < -0.39 is 0 Å². The van der Waals surface area contributed by atoms with E-state index in [1.807, 2.05) is 36.0 Å². The molecule has 1 amide bonds. The van der Waals surface area contributed by atoms with Gasteiger partial charge in [-0.25, -0.2) is 4.98 Å². The number of likely N-dealkylation sites (tertiary alicyclic amines) is 1. The molecule has 0 bridgehead atoms. The number of piperidine rings is 1. The van der Waals surface area contributed by atoms with Gasteiger partial charge in [0.05, 0.1) is 0 Å². The van der Waals surface area contributed by atoms with Gasteiger partial charge in [0, 0.05) is 45.5 Å². The highest BCUT2D eigenvalue weighted by Crippen LogP contribution is 2.37. The van der Waals surface area contributed by atoms with Crippen molar-refractivity contribution in [1.29, 1.82) is 0 Å². The Morgan fingerprint density at radius 2 is 2.10 bits per heavy atom. The molecule has 0 aromatic carbocycles. The number of nitrogens with one attached hydrogen (secondary N) is 1. The summed E-state index contributed by atoms with van der Waals surface area (Å²) in [5.74, 6) is 0.968. The first-order chi connectivity index (χ1) is 10.1. The first kappa shape index (κ1) is 14.3. The molecule has 1 aromatic rings. The van der Waals surface area contributed by atoms with Crippen LogP contribution in [0.3, 0.4) is 0 Å². The third kappa shape index (κ3) is 2.88. The Labute approximate surface area is 126 Å². The number of amides is 1. The number of rotatable bonds is 2. The van der Waals surface area contributed by atoms with Gasteiger partial charge in [-0.05, 0) is 43.4 Å². The molecule has 1 N–H and O–H groups in total. The predicted octanol–water partition coefficient (Wildman–Crippen LogP) is 1.36. The van der Waals surface area contributed by atoms with E-state index in [1.165, 1.54) is 6.42 Å². The summed E-state index contributed by atoms with van der Waals surface area (Å²) in [6, 6.07) is 3.70. The highest BCUT2D eigenvalue weighted by molar-refractivity contribution is 5.94. The Kier molecular flexibility index (Phi) is 3.85. The zero-order valence-electron chi connectivity index (χ0n) is 12.9. The van der Waals surface area contributed by atoms with E-state index in [2.05, 4.69) is 10.3 Å². The van der Waals surface area contributed by atoms with Crippen LogP contribution >= 0.6 is 0 Å². The topological polar surface area (TPSA) is 48.5 Å². The summed E-state index contributed by atoms with van der Waals surface area (Å²) in [5.41, 5.74) is 1.19. The monoisotopic (exact) mass is 288 g/mol. The summed E-state index contributed by atoms with van der Waals surface area (Å²) in [5, 5.41) is 3.46. The van der Waals surface area contributed by atoms with Crippen molar-refractivity contribution in [3.05, 3.63) is 23.9 Å². The van der Waals surface area contributed by atoms with E-state index in [1.54, 1.807) is 6.20 Å². The molecule has 2 aliphatic heterocycles. The van der Waals surface area contributed by atoms with Gasteiger partial charge in [0.15, 0.2) is 0 Å². The lowest BCUT2D eigenvalue weighted by molar-refractivity contribution is 0.0607. The maximum Gasteiger partial charge on any atom is 0.254 e. The lowest BCUT2D eigenvalue weighted by Crippen LogP contribution is -2.44. The van der Waals surface area contributed by atoms with E-state index >= 15 is 0 Å². The van der Waals surface area contributed by atoms with Gasteiger partial charge >= 0.3 is 0 Å². The van der Waals surface area contributed by atoms with Crippen molar-refractivity contribution in [1.82, 2.24) is 15.2 Å². The quantitative estimate of drug-likeness (QED) is 0.893. The minimum atomic E-state index is 0.140. The molecule has 1 aromatic heterocycles. The summed E-state index contributed by atoms with van der Waals surface area (Å²) >= 11 is 0. The normalized spacial score (nSPS) is 20.8. The van der Waals surface area contributed by atoms with Crippen molar-refractivity contribution >= 4 is 11.7 Å². The first-order valence-electron chi connectivity index (χ1n) is 7.73. The summed E-state index contributed by atoms with van der Waals surface area (Å²) in [7, 11) is 3.88. The molecule has 21 heavy (non-hydrogen) atoms. The number of hydrogen-bond acceptors (Lipinski definition) is 4. The van der Waals surface area contributed by atoms with E-state index in [0.717, 1.165) is 50.4 Å². The second kappa shape index (κ2) is 5.64. The Morgan fingerprint density at radius 1 is 1.33 bits per heavy atom. The summed E-state index contributed by atoms with van der Waals surface area (Å²) in [6.07, 6.45) is 5.22. The van der Waals surface area contributed by atoms with Gasteiger partial charge < -0.3 is 15.1 Å². The van der Waals surface area contributed by atoms with Gasteiger partial charge in [-0.1, -0.05) is 0 Å². The van der Waals surface area contributed by atoms with E-state index in [0.29, 0.717) is 5.41 Å². The van der Waals surface area contributed by atoms with Crippen molar-refractivity contribution in [3.8, 4) is 0 Å². The molecule has 0 atom stereocenters. The van der Waals surface area contributed by atoms with Crippen LogP contribution in [0, 0.1) is 5.41 Å². The van der Waals surface area contributed by atoms with E-state index in [4.69, 9.17) is 0 Å². The summed E-state index contributed by atoms with van der Waals surface area (Å²) in [6.45, 7) is 4.00. The van der Waals surface area contributed by atoms with Crippen LogP contribution in [0.1, 0.15) is 29.6 Å². The van der Waals surface area contributed by atoms with Crippen LogP contribution in [-0.2, 0) is 0 Å². The molecule has 1 spiro atoms. The lowest BCUT2D eigenvalue weighted by Gasteiger charge is -2.39. The largest absolute Gasteiger partial charge is 0.363 e. The molecule has 3 rings (SSSR count). The van der Waals surface area contributed by atoms with Crippen LogP contribution < -0.4 is 10.2 Å². The van der Waals surface area contributed by atoms with Crippen LogP contribution in [0.5, 0.6) is 0 Å². The number of nitrogens with zero attached hydrogens (tertiary/aromatic N) is 3. The fourth-order valence-electron chi connectivity index (χ4n) is 3.38. The molecule has 0 saturated carbocycles. The van der Waals surface area contributed by atoms with Gasteiger partial charge in [0.2, 0.25) is 0 Å². The smallest absolute Gasteiger partial charge is 0.254 e. The minimum Gasteiger partial charge on any atom is -0.363 e. The molecule has 114 valence electrons. The maximum atomic E-state index is 12.6. The number of aromatic nitrogens is 1. The number of pyridine rings is 1. The molecule has 0 aliphatic carbocycles. The van der Waals surface area contributed by atoms with Crippen LogP contribution in [0.4, 0.5) is 5.82 Å². The molecule has 5 nitrogen and oxygen atoms in total. The SMILES string of the molecule is CN(C)c1cc(C(=O)N2CCC3(CCNC3)CC2)ccn1. The first-order valence-corrected chi connectivity index (χ1v) is 7.73. The molecule has 3 heterocycles. The van der Waals surface area contributed by atoms with Crippen molar-refractivity contribution in [2.45, 2.75) is 19.3 Å². The average Bonchev–Trinajstić information content (AvgIpc) is 2.96. The van der Waals surface area contributed by atoms with E-state index in [9.17, 15) is 4.79 Å². The zero-order valence-corrected chi connectivity index (χ0v) is 12.9. The number of hydrogen-bond donors (Lipinski definition) is 1. The average molecular weight is 288 g/mol. The van der Waals surface area contributed by atoms with Gasteiger partial charge in [0.25, 0.3) is 5.91 Å². The molecule has 2 aliphatic rings. The molecular weight excluding hydrogens is 264 g/mol. The van der Waals surface area contributed by atoms with Crippen LogP contribution in [-0.4, -0.2) is 56.1 Å². The molecule has 2 saturated heterocycles. The van der Waals surface area contributed by atoms with Gasteiger partial charge in [-0.2, -0.15) is 0 Å². The van der Waals surface area contributed by atoms with E-state index in [-0.39, 0.29) is 5.91 Å². The van der Waals surface area contributed by atoms with Gasteiger partial charge in [-0.15, -0.1) is 0 Å². The second-order valence-electron chi connectivity index (χ2n) is 6.52. The number of anilines is 1. The predicted molar refractivity (Wildman–Crippen MR) is 83.6 cm³/mol. The van der Waals surface area contributed by atoms with Crippen LogP contribution in [0.25, 0.3) is 0 Å². The standard InChI is InChI=1S/C16H24N4O/c1-19(2)14-11-13(3-7-18-14)15(21)20-9-5-16(6-10-20)4-8-17-12-16/h3,7,11,17H,4-6,8-10,12H2,1-2H3. The minimum absolute atomic E-state index is 0.140. The van der Waals surface area contributed by atoms with Crippen molar-refractivity contribution in [3.63, 3.8) is 0 Å². The number of carbonyl (C=O) groups excluding carboxylic acids is 1.